The van der Waals surface area contributed by atoms with Gasteiger partial charge in [-0.1, -0.05) is 17.6 Å². The summed E-state index contributed by atoms with van der Waals surface area (Å²) >= 11 is 0. The third-order valence-electron chi connectivity index (χ3n) is 3.57. The van der Waals surface area contributed by atoms with Gasteiger partial charge in [0.05, 0.1) is 11.3 Å². The minimum absolute atomic E-state index is 0.185. The molecule has 0 aliphatic carbocycles. The zero-order valence-corrected chi connectivity index (χ0v) is 11.6. The lowest BCUT2D eigenvalue weighted by molar-refractivity contribution is 0.372. The van der Waals surface area contributed by atoms with E-state index < -0.39 is 15.1 Å². The molecule has 1 unspecified atom stereocenters. The summed E-state index contributed by atoms with van der Waals surface area (Å²) < 4.78 is 29.7. The Labute approximate surface area is 116 Å². The van der Waals surface area contributed by atoms with Crippen LogP contribution in [0.2, 0.25) is 0 Å². The summed E-state index contributed by atoms with van der Waals surface area (Å²) in [7, 11) is -3.20. The second-order valence-electron chi connectivity index (χ2n) is 4.90. The number of rotatable bonds is 2. The third-order valence-corrected chi connectivity index (χ3v) is 5.74. The van der Waals surface area contributed by atoms with Crippen LogP contribution in [0.3, 0.4) is 0 Å². The van der Waals surface area contributed by atoms with Gasteiger partial charge in [0.25, 0.3) is 0 Å². The minimum Gasteiger partial charge on any atom is -0.380 e. The van der Waals surface area contributed by atoms with E-state index >= 15 is 0 Å². The van der Waals surface area contributed by atoms with E-state index in [0.29, 0.717) is 24.2 Å². The average molecular weight is 293 g/mol. The number of nitrogen functional groups attached to an aromatic ring is 1. The van der Waals surface area contributed by atoms with Crippen molar-refractivity contribution in [1.29, 1.82) is 0 Å². The predicted octanol–water partition coefficient (Wildman–Crippen LogP) is 1.96. The number of hydrogen-bond donors (Lipinski definition) is 1. The second-order valence-corrected chi connectivity index (χ2v) is 7.20. The number of nitrogens with zero attached hydrogens (tertiary/aromatic N) is 2. The molecule has 0 saturated carbocycles. The number of sulfone groups is 1. The Hall–Kier alpha value is -1.89. The van der Waals surface area contributed by atoms with Crippen LogP contribution in [0.4, 0.5) is 5.82 Å². The van der Waals surface area contributed by atoms with Gasteiger partial charge in [-0.2, -0.15) is 0 Å². The zero-order chi connectivity index (χ0) is 14.2. The van der Waals surface area contributed by atoms with Gasteiger partial charge in [0.2, 0.25) is 0 Å². The molecule has 0 bridgehead atoms. The van der Waals surface area contributed by atoms with Gasteiger partial charge in [-0.25, -0.2) is 8.42 Å². The molecule has 3 rings (SSSR count). The fourth-order valence-corrected chi connectivity index (χ4v) is 4.49. The Kier molecular flexibility index (Phi) is 3.21. The first-order valence-electron chi connectivity index (χ1n) is 6.46. The summed E-state index contributed by atoms with van der Waals surface area (Å²) in [5, 5.41) is 3.09. The van der Waals surface area contributed by atoms with Crippen molar-refractivity contribution in [2.75, 3.05) is 11.5 Å². The Morgan fingerprint density at radius 3 is 2.90 bits per heavy atom. The van der Waals surface area contributed by atoms with E-state index in [-0.39, 0.29) is 11.6 Å². The lowest BCUT2D eigenvalue weighted by Gasteiger charge is -2.20. The molecular formula is C13H15N3O3S. The molecule has 1 atom stereocenters. The second kappa shape index (κ2) is 4.90. The predicted molar refractivity (Wildman–Crippen MR) is 74.5 cm³/mol. The van der Waals surface area contributed by atoms with Crippen LogP contribution in [-0.2, 0) is 9.84 Å². The normalized spacial score (nSPS) is 21.7. The lowest BCUT2D eigenvalue weighted by Crippen LogP contribution is -2.21. The maximum absolute atomic E-state index is 12.2. The molecule has 20 heavy (non-hydrogen) atoms. The molecule has 1 aliphatic heterocycles. The standard InChI is InChI=1S/C13H15N3O3S/c14-13-11(9-4-3-6-15-8-9)12(19-16-13)10-5-1-2-7-20(10,17)18/h3-4,6,8,10H,1-2,5,7H2,(H2,14,16). The van der Waals surface area contributed by atoms with Gasteiger partial charge < -0.3 is 10.3 Å². The largest absolute Gasteiger partial charge is 0.380 e. The number of pyridine rings is 1. The topological polar surface area (TPSA) is 99.1 Å². The van der Waals surface area contributed by atoms with Crippen LogP contribution in [0.25, 0.3) is 11.1 Å². The molecule has 6 nitrogen and oxygen atoms in total. The van der Waals surface area contributed by atoms with Gasteiger partial charge in [-0.15, -0.1) is 0 Å². The SMILES string of the molecule is Nc1noc(C2CCCCS2(=O)=O)c1-c1cccnc1. The molecule has 1 aliphatic rings. The Balaban J connectivity index is 2.12. The first kappa shape index (κ1) is 13.1. The van der Waals surface area contributed by atoms with Crippen LogP contribution in [0.1, 0.15) is 30.3 Å². The summed E-state index contributed by atoms with van der Waals surface area (Å²) in [5.41, 5.74) is 7.11. The molecule has 106 valence electrons. The smallest absolute Gasteiger partial charge is 0.175 e. The van der Waals surface area contributed by atoms with Crippen LogP contribution >= 0.6 is 0 Å². The summed E-state index contributed by atoms with van der Waals surface area (Å²) in [6, 6.07) is 3.58. The zero-order valence-electron chi connectivity index (χ0n) is 10.8. The summed E-state index contributed by atoms with van der Waals surface area (Å²) in [5.74, 6) is 0.731. The third kappa shape index (κ3) is 2.18. The Bertz CT molecular complexity index is 710. The van der Waals surface area contributed by atoms with Crippen molar-refractivity contribution in [3.63, 3.8) is 0 Å². The van der Waals surface area contributed by atoms with Crippen molar-refractivity contribution >= 4 is 15.7 Å². The molecule has 1 fully saturated rings. The van der Waals surface area contributed by atoms with Crippen molar-refractivity contribution < 1.29 is 12.9 Å². The van der Waals surface area contributed by atoms with Crippen molar-refractivity contribution in [3.8, 4) is 11.1 Å². The molecule has 2 N–H and O–H groups in total. The summed E-state index contributed by atoms with van der Waals surface area (Å²) in [4.78, 5) is 4.03. The molecule has 0 amide bonds. The van der Waals surface area contributed by atoms with E-state index in [1.165, 1.54) is 0 Å². The molecule has 0 aromatic carbocycles. The maximum Gasteiger partial charge on any atom is 0.175 e. The van der Waals surface area contributed by atoms with E-state index in [9.17, 15) is 8.42 Å². The molecule has 2 aromatic heterocycles. The van der Waals surface area contributed by atoms with Crippen LogP contribution in [0.15, 0.2) is 29.0 Å². The number of hydrogen-bond acceptors (Lipinski definition) is 6. The molecule has 0 spiro atoms. The van der Waals surface area contributed by atoms with Gasteiger partial charge in [0.1, 0.15) is 5.25 Å². The molecule has 0 radical (unpaired) electrons. The quantitative estimate of drug-likeness (QED) is 0.908. The fourth-order valence-electron chi connectivity index (χ4n) is 2.59. The molecule has 3 heterocycles. The van der Waals surface area contributed by atoms with E-state index in [2.05, 4.69) is 10.1 Å². The average Bonchev–Trinajstić information content (AvgIpc) is 2.81. The lowest BCUT2D eigenvalue weighted by atomic mass is 10.0. The summed E-state index contributed by atoms with van der Waals surface area (Å²) in [6.45, 7) is 0. The van der Waals surface area contributed by atoms with Crippen LogP contribution in [0.5, 0.6) is 0 Å². The highest BCUT2D eigenvalue weighted by molar-refractivity contribution is 7.91. The minimum atomic E-state index is -3.20. The highest BCUT2D eigenvalue weighted by atomic mass is 32.2. The number of nitrogens with two attached hydrogens (primary N) is 1. The first-order valence-corrected chi connectivity index (χ1v) is 8.18. The molecular weight excluding hydrogens is 278 g/mol. The van der Waals surface area contributed by atoms with Gasteiger partial charge in [0.15, 0.2) is 21.4 Å². The fraction of sp³-hybridized carbons (Fsp3) is 0.385. The van der Waals surface area contributed by atoms with Gasteiger partial charge >= 0.3 is 0 Å². The molecule has 1 saturated heterocycles. The summed E-state index contributed by atoms with van der Waals surface area (Å²) in [6.07, 6.45) is 5.37. The maximum atomic E-state index is 12.2. The van der Waals surface area contributed by atoms with E-state index in [4.69, 9.17) is 10.3 Å². The Morgan fingerprint density at radius 1 is 1.35 bits per heavy atom. The van der Waals surface area contributed by atoms with Crippen LogP contribution < -0.4 is 5.73 Å². The number of anilines is 1. The van der Waals surface area contributed by atoms with Crippen molar-refractivity contribution in [1.82, 2.24) is 10.1 Å². The van der Waals surface area contributed by atoms with E-state index in [0.717, 1.165) is 12.0 Å². The van der Waals surface area contributed by atoms with Crippen LogP contribution in [0, 0.1) is 0 Å². The first-order chi connectivity index (χ1) is 9.59. The molecule has 2 aromatic rings. The van der Waals surface area contributed by atoms with E-state index in [1.807, 2.05) is 6.07 Å². The Morgan fingerprint density at radius 2 is 2.20 bits per heavy atom. The van der Waals surface area contributed by atoms with Crippen molar-refractivity contribution in [2.45, 2.75) is 24.5 Å². The highest BCUT2D eigenvalue weighted by Gasteiger charge is 2.36. The van der Waals surface area contributed by atoms with Crippen molar-refractivity contribution in [2.24, 2.45) is 0 Å². The monoisotopic (exact) mass is 293 g/mol. The van der Waals surface area contributed by atoms with Gasteiger partial charge in [0, 0.05) is 18.0 Å². The van der Waals surface area contributed by atoms with E-state index in [1.54, 1.807) is 18.5 Å². The van der Waals surface area contributed by atoms with Crippen LogP contribution in [-0.4, -0.2) is 24.3 Å². The number of aromatic nitrogens is 2. The van der Waals surface area contributed by atoms with Gasteiger partial charge in [-0.05, 0) is 18.9 Å². The highest BCUT2D eigenvalue weighted by Crippen LogP contribution is 2.40. The van der Waals surface area contributed by atoms with Gasteiger partial charge in [-0.3, -0.25) is 4.98 Å². The van der Waals surface area contributed by atoms with Crippen molar-refractivity contribution in [3.05, 3.63) is 30.3 Å². The molecule has 7 heteroatoms.